The summed E-state index contributed by atoms with van der Waals surface area (Å²) in [5, 5.41) is 22.1. The minimum absolute atomic E-state index is 0.244. The number of aliphatic hydroxyl groups is 2. The fourth-order valence-corrected chi connectivity index (χ4v) is 2.23. The smallest absolute Gasteiger partial charge is 0.346 e. The molecule has 1 aliphatic rings. The fourth-order valence-electron chi connectivity index (χ4n) is 1.91. The van der Waals surface area contributed by atoms with Crippen LogP contribution in [-0.4, -0.2) is 44.7 Å². The third kappa shape index (κ3) is 2.71. The van der Waals surface area contributed by atoms with Crippen LogP contribution in [0, 0.1) is 0 Å². The lowest BCUT2D eigenvalue weighted by Gasteiger charge is -2.26. The summed E-state index contributed by atoms with van der Waals surface area (Å²) in [7, 11) is 0. The zero-order valence-electron chi connectivity index (χ0n) is 9.97. The van der Waals surface area contributed by atoms with Crippen LogP contribution in [0.5, 0.6) is 0 Å². The fraction of sp³-hybridized carbons (Fsp3) is 0.455. The van der Waals surface area contributed by atoms with Gasteiger partial charge in [0.15, 0.2) is 0 Å². The summed E-state index contributed by atoms with van der Waals surface area (Å²) in [5.41, 5.74) is -1.69. The standard InChI is InChI=1S/C11H14BrN3O4/c1-2-11(5-16)7(17)3-8(19-11)14-9-6(12)4-13-10(18)15-9/h2,4,7-8,16-17H,1,3,5H2,(H2,13,14,15,18)/t7-,8+,11+/m0/s1. The zero-order chi connectivity index (χ0) is 14.0. The summed E-state index contributed by atoms with van der Waals surface area (Å²) >= 11 is 3.23. The van der Waals surface area contributed by atoms with E-state index in [1.807, 2.05) is 0 Å². The molecule has 1 saturated heterocycles. The molecule has 2 heterocycles. The van der Waals surface area contributed by atoms with Gasteiger partial charge in [0.2, 0.25) is 0 Å². The maximum atomic E-state index is 11.1. The minimum Gasteiger partial charge on any atom is -0.393 e. The van der Waals surface area contributed by atoms with Crippen molar-refractivity contribution in [2.45, 2.75) is 24.4 Å². The molecule has 0 aromatic carbocycles. The molecule has 1 aliphatic heterocycles. The highest BCUT2D eigenvalue weighted by molar-refractivity contribution is 9.10. The van der Waals surface area contributed by atoms with Crippen molar-refractivity contribution in [3.05, 3.63) is 33.8 Å². The predicted octanol–water partition coefficient (Wildman–Crippen LogP) is -0.0313. The maximum absolute atomic E-state index is 11.1. The molecule has 0 radical (unpaired) electrons. The van der Waals surface area contributed by atoms with E-state index in [0.717, 1.165) is 0 Å². The first-order valence-corrected chi connectivity index (χ1v) is 6.42. The normalized spacial score (nSPS) is 30.3. The molecular formula is C11H14BrN3O4. The molecule has 0 amide bonds. The van der Waals surface area contributed by atoms with Crippen molar-refractivity contribution in [3.8, 4) is 0 Å². The summed E-state index contributed by atoms with van der Waals surface area (Å²) in [6, 6.07) is 0. The van der Waals surface area contributed by atoms with Crippen LogP contribution in [0.2, 0.25) is 0 Å². The van der Waals surface area contributed by atoms with Crippen molar-refractivity contribution in [2.75, 3.05) is 11.9 Å². The first kappa shape index (κ1) is 14.2. The molecule has 2 rings (SSSR count). The number of hydrogen-bond acceptors (Lipinski definition) is 6. The van der Waals surface area contributed by atoms with Gasteiger partial charge in [-0.05, 0) is 15.9 Å². The number of H-pyrrole nitrogens is 1. The average molecular weight is 332 g/mol. The summed E-state index contributed by atoms with van der Waals surface area (Å²) in [5.74, 6) is 0.304. The van der Waals surface area contributed by atoms with E-state index in [4.69, 9.17) is 4.74 Å². The minimum atomic E-state index is -1.19. The van der Waals surface area contributed by atoms with Crippen molar-refractivity contribution in [1.82, 2.24) is 9.97 Å². The molecule has 0 unspecified atom stereocenters. The van der Waals surface area contributed by atoms with Gasteiger partial charge in [0.05, 0.1) is 17.2 Å². The van der Waals surface area contributed by atoms with Crippen LogP contribution in [0.25, 0.3) is 0 Å². The van der Waals surface area contributed by atoms with Gasteiger partial charge in [-0.1, -0.05) is 6.08 Å². The summed E-state index contributed by atoms with van der Waals surface area (Å²) in [4.78, 5) is 17.3. The molecule has 104 valence electrons. The quantitative estimate of drug-likeness (QED) is 0.577. The van der Waals surface area contributed by atoms with Gasteiger partial charge < -0.3 is 25.3 Å². The molecule has 1 aromatic rings. The van der Waals surface area contributed by atoms with Crippen LogP contribution < -0.4 is 11.0 Å². The van der Waals surface area contributed by atoms with E-state index in [0.29, 0.717) is 10.3 Å². The van der Waals surface area contributed by atoms with E-state index in [1.54, 1.807) is 0 Å². The lowest BCUT2D eigenvalue weighted by atomic mass is 9.98. The van der Waals surface area contributed by atoms with E-state index < -0.39 is 23.6 Å². The maximum Gasteiger partial charge on any atom is 0.346 e. The van der Waals surface area contributed by atoms with Gasteiger partial charge in [-0.25, -0.2) is 4.79 Å². The lowest BCUT2D eigenvalue weighted by molar-refractivity contribution is -0.0719. The van der Waals surface area contributed by atoms with E-state index in [-0.39, 0.29) is 13.0 Å². The van der Waals surface area contributed by atoms with Crippen LogP contribution in [0.1, 0.15) is 6.42 Å². The average Bonchev–Trinajstić information content (AvgIpc) is 2.70. The number of aliphatic hydroxyl groups excluding tert-OH is 2. The van der Waals surface area contributed by atoms with E-state index in [9.17, 15) is 15.0 Å². The first-order chi connectivity index (χ1) is 9.00. The van der Waals surface area contributed by atoms with Crippen molar-refractivity contribution in [2.24, 2.45) is 0 Å². The molecule has 19 heavy (non-hydrogen) atoms. The van der Waals surface area contributed by atoms with Crippen molar-refractivity contribution in [3.63, 3.8) is 0 Å². The molecule has 1 fully saturated rings. The molecule has 8 heteroatoms. The summed E-state index contributed by atoms with van der Waals surface area (Å²) in [6.07, 6.45) is 1.61. The highest BCUT2D eigenvalue weighted by Gasteiger charge is 2.45. The third-order valence-electron chi connectivity index (χ3n) is 3.02. The van der Waals surface area contributed by atoms with Crippen LogP contribution in [0.4, 0.5) is 5.82 Å². The Balaban J connectivity index is 2.16. The van der Waals surface area contributed by atoms with Crippen LogP contribution in [0.15, 0.2) is 28.1 Å². The molecule has 1 aromatic heterocycles. The Morgan fingerprint density at radius 1 is 1.79 bits per heavy atom. The number of nitrogens with zero attached hydrogens (tertiary/aromatic N) is 1. The number of nitrogens with one attached hydrogen (secondary N) is 2. The molecule has 0 bridgehead atoms. The second-order valence-corrected chi connectivity index (χ2v) is 5.08. The Bertz CT molecular complexity index is 535. The molecule has 4 N–H and O–H groups in total. The molecule has 7 nitrogen and oxygen atoms in total. The van der Waals surface area contributed by atoms with Crippen LogP contribution in [0.3, 0.4) is 0 Å². The lowest BCUT2D eigenvalue weighted by Crippen LogP contribution is -2.41. The number of ether oxygens (including phenoxy) is 1. The van der Waals surface area contributed by atoms with Gasteiger partial charge in [0.1, 0.15) is 17.6 Å². The Kier molecular flexibility index (Phi) is 4.04. The number of hydrogen-bond donors (Lipinski definition) is 4. The summed E-state index contributed by atoms with van der Waals surface area (Å²) < 4.78 is 6.12. The molecular weight excluding hydrogens is 318 g/mol. The second-order valence-electron chi connectivity index (χ2n) is 4.22. The molecule has 0 spiro atoms. The van der Waals surface area contributed by atoms with Gasteiger partial charge >= 0.3 is 5.69 Å². The van der Waals surface area contributed by atoms with Gasteiger partial charge in [-0.15, -0.1) is 6.58 Å². The molecule has 0 aliphatic carbocycles. The Morgan fingerprint density at radius 3 is 3.11 bits per heavy atom. The monoisotopic (exact) mass is 331 g/mol. The van der Waals surface area contributed by atoms with Crippen LogP contribution in [-0.2, 0) is 4.74 Å². The molecule has 0 saturated carbocycles. The van der Waals surface area contributed by atoms with E-state index >= 15 is 0 Å². The predicted molar refractivity (Wildman–Crippen MR) is 71.7 cm³/mol. The SMILES string of the molecule is C=C[C@]1(CO)O[C@@H](Nc2nc(=O)[nH]cc2Br)C[C@@H]1O. The van der Waals surface area contributed by atoms with E-state index in [1.165, 1.54) is 12.3 Å². The van der Waals surface area contributed by atoms with Gasteiger partial charge in [0, 0.05) is 12.6 Å². The van der Waals surface area contributed by atoms with Gasteiger partial charge in [-0.3, -0.25) is 0 Å². The second kappa shape index (κ2) is 5.41. The van der Waals surface area contributed by atoms with Crippen molar-refractivity contribution >= 4 is 21.7 Å². The Morgan fingerprint density at radius 2 is 2.53 bits per heavy atom. The third-order valence-corrected chi connectivity index (χ3v) is 3.62. The number of rotatable bonds is 4. The largest absolute Gasteiger partial charge is 0.393 e. The van der Waals surface area contributed by atoms with Crippen LogP contribution >= 0.6 is 15.9 Å². The highest BCUT2D eigenvalue weighted by atomic mass is 79.9. The Labute approximate surface area is 117 Å². The number of halogens is 1. The topological polar surface area (TPSA) is 107 Å². The van der Waals surface area contributed by atoms with Crippen molar-refractivity contribution < 1.29 is 14.9 Å². The first-order valence-electron chi connectivity index (χ1n) is 5.63. The Hall–Kier alpha value is -1.22. The molecule has 3 atom stereocenters. The van der Waals surface area contributed by atoms with E-state index in [2.05, 4.69) is 37.8 Å². The number of aromatic amines is 1. The summed E-state index contributed by atoms with van der Waals surface area (Å²) in [6.45, 7) is 3.18. The number of anilines is 1. The zero-order valence-corrected chi connectivity index (χ0v) is 11.6. The van der Waals surface area contributed by atoms with Gasteiger partial charge in [-0.2, -0.15) is 4.98 Å². The number of aromatic nitrogens is 2. The van der Waals surface area contributed by atoms with Crippen molar-refractivity contribution in [1.29, 1.82) is 0 Å². The highest BCUT2D eigenvalue weighted by Crippen LogP contribution is 2.32. The van der Waals surface area contributed by atoms with Gasteiger partial charge in [0.25, 0.3) is 0 Å².